The van der Waals surface area contributed by atoms with Crippen LogP contribution in [0.15, 0.2) is 12.2 Å². The average Bonchev–Trinajstić information content (AvgIpc) is 2.04. The monoisotopic (exact) mass is 242 g/mol. The number of amides is 1. The van der Waals surface area contributed by atoms with Crippen LogP contribution in [0.4, 0.5) is 4.79 Å². The molecule has 1 heterocycles. The van der Waals surface area contributed by atoms with E-state index in [0.29, 0.717) is 19.7 Å². The van der Waals surface area contributed by atoms with Gasteiger partial charge in [-0.1, -0.05) is 12.2 Å². The second-order valence-corrected chi connectivity index (χ2v) is 5.45. The third-order valence-electron chi connectivity index (χ3n) is 2.10. The van der Waals surface area contributed by atoms with Gasteiger partial charge in [-0.15, -0.1) is 0 Å². The predicted molar refractivity (Wildman–Crippen MR) is 65.5 cm³/mol. The lowest BCUT2D eigenvalue weighted by Gasteiger charge is -2.39. The highest BCUT2D eigenvalue weighted by atomic mass is 16.6. The van der Waals surface area contributed by atoms with Crippen molar-refractivity contribution in [1.82, 2.24) is 10.4 Å². The fraction of sp³-hybridized carbons (Fsp3) is 0.750. The van der Waals surface area contributed by atoms with E-state index in [0.717, 1.165) is 5.57 Å². The number of carbonyl (C=O) groups is 1. The van der Waals surface area contributed by atoms with Gasteiger partial charge in [0.2, 0.25) is 0 Å². The summed E-state index contributed by atoms with van der Waals surface area (Å²) in [5.41, 5.74) is 3.41. The first-order valence-corrected chi connectivity index (χ1v) is 5.77. The molecule has 5 heteroatoms. The van der Waals surface area contributed by atoms with Crippen LogP contribution in [0.25, 0.3) is 0 Å². The van der Waals surface area contributed by atoms with Crippen LogP contribution in [0.3, 0.4) is 0 Å². The molecule has 0 atom stereocenters. The van der Waals surface area contributed by atoms with Gasteiger partial charge in [0.15, 0.2) is 0 Å². The summed E-state index contributed by atoms with van der Waals surface area (Å²) in [6.07, 6.45) is -0.268. The first-order valence-electron chi connectivity index (χ1n) is 5.77. The number of rotatable bonds is 4. The fourth-order valence-electron chi connectivity index (χ4n) is 1.31. The zero-order valence-electron chi connectivity index (χ0n) is 11.1. The minimum atomic E-state index is -0.438. The molecular formula is C12H22N2O3. The SMILES string of the molecule is C=C(C)CONC1CN(C(=O)OC(C)(C)C)C1. The van der Waals surface area contributed by atoms with E-state index in [1.807, 2.05) is 27.7 Å². The molecule has 1 amide bonds. The summed E-state index contributed by atoms with van der Waals surface area (Å²) in [6.45, 7) is 12.9. The Bertz CT molecular complexity index is 291. The molecule has 0 saturated carbocycles. The van der Waals surface area contributed by atoms with Gasteiger partial charge in [-0.2, -0.15) is 5.48 Å². The van der Waals surface area contributed by atoms with Crippen LogP contribution in [0.1, 0.15) is 27.7 Å². The van der Waals surface area contributed by atoms with E-state index in [-0.39, 0.29) is 12.1 Å². The molecule has 0 bridgehead atoms. The predicted octanol–water partition coefficient (Wildman–Crippen LogP) is 1.70. The maximum Gasteiger partial charge on any atom is 0.410 e. The molecule has 0 radical (unpaired) electrons. The molecule has 1 aliphatic rings. The number of carbonyl (C=O) groups excluding carboxylic acids is 1. The third-order valence-corrected chi connectivity index (χ3v) is 2.10. The minimum absolute atomic E-state index is 0.182. The first kappa shape index (κ1) is 14.0. The van der Waals surface area contributed by atoms with Crippen molar-refractivity contribution in [2.75, 3.05) is 19.7 Å². The molecule has 0 aromatic heterocycles. The second kappa shape index (κ2) is 5.51. The Morgan fingerprint density at radius 3 is 2.53 bits per heavy atom. The van der Waals surface area contributed by atoms with Crippen molar-refractivity contribution >= 4 is 6.09 Å². The molecule has 1 saturated heterocycles. The molecule has 5 nitrogen and oxygen atoms in total. The van der Waals surface area contributed by atoms with Crippen molar-refractivity contribution in [3.05, 3.63) is 12.2 Å². The Morgan fingerprint density at radius 2 is 2.06 bits per heavy atom. The number of hydroxylamine groups is 1. The highest BCUT2D eigenvalue weighted by molar-refractivity contribution is 5.69. The Kier molecular flexibility index (Phi) is 4.54. The number of nitrogens with one attached hydrogen (secondary N) is 1. The maximum atomic E-state index is 11.6. The molecule has 1 rings (SSSR count). The van der Waals surface area contributed by atoms with Gasteiger partial charge in [0.25, 0.3) is 0 Å². The highest BCUT2D eigenvalue weighted by Crippen LogP contribution is 2.15. The van der Waals surface area contributed by atoms with Crippen LogP contribution in [0, 0.1) is 0 Å². The summed E-state index contributed by atoms with van der Waals surface area (Å²) in [5, 5.41) is 0. The summed E-state index contributed by atoms with van der Waals surface area (Å²) < 4.78 is 5.24. The molecule has 0 spiro atoms. The molecule has 1 aliphatic heterocycles. The van der Waals surface area contributed by atoms with Gasteiger partial charge in [-0.25, -0.2) is 4.79 Å². The zero-order valence-corrected chi connectivity index (χ0v) is 11.1. The summed E-state index contributed by atoms with van der Waals surface area (Å²) in [5.74, 6) is 0. The quantitative estimate of drug-likeness (QED) is 0.602. The van der Waals surface area contributed by atoms with Gasteiger partial charge in [0.1, 0.15) is 5.60 Å². The first-order chi connectivity index (χ1) is 7.78. The Hall–Kier alpha value is -1.07. The standard InChI is InChI=1S/C12H22N2O3/c1-9(2)8-16-13-10-6-14(7-10)11(15)17-12(3,4)5/h10,13H,1,6-8H2,2-5H3. The van der Waals surface area contributed by atoms with Crippen molar-refractivity contribution in [1.29, 1.82) is 0 Å². The maximum absolute atomic E-state index is 11.6. The summed E-state index contributed by atoms with van der Waals surface area (Å²) in [7, 11) is 0. The molecule has 17 heavy (non-hydrogen) atoms. The van der Waals surface area contributed by atoms with E-state index >= 15 is 0 Å². The normalized spacial score (nSPS) is 16.6. The van der Waals surface area contributed by atoms with Crippen molar-refractivity contribution in [2.24, 2.45) is 0 Å². The zero-order chi connectivity index (χ0) is 13.1. The van der Waals surface area contributed by atoms with Crippen molar-refractivity contribution in [3.8, 4) is 0 Å². The van der Waals surface area contributed by atoms with Gasteiger partial charge >= 0.3 is 6.09 Å². The molecule has 0 unspecified atom stereocenters. The van der Waals surface area contributed by atoms with E-state index in [1.165, 1.54) is 0 Å². The Morgan fingerprint density at radius 1 is 1.47 bits per heavy atom. The van der Waals surface area contributed by atoms with Gasteiger partial charge < -0.3 is 9.64 Å². The van der Waals surface area contributed by atoms with Crippen LogP contribution in [0.2, 0.25) is 0 Å². The summed E-state index contributed by atoms with van der Waals surface area (Å²) in [4.78, 5) is 18.4. The molecule has 98 valence electrons. The van der Waals surface area contributed by atoms with Gasteiger partial charge in [-0.05, 0) is 27.7 Å². The topological polar surface area (TPSA) is 50.8 Å². The molecule has 0 aromatic carbocycles. The average molecular weight is 242 g/mol. The van der Waals surface area contributed by atoms with E-state index in [2.05, 4.69) is 12.1 Å². The third kappa shape index (κ3) is 5.19. The van der Waals surface area contributed by atoms with Crippen LogP contribution >= 0.6 is 0 Å². The van der Waals surface area contributed by atoms with Crippen LogP contribution in [0.5, 0.6) is 0 Å². The lowest BCUT2D eigenvalue weighted by Crippen LogP contribution is -2.60. The van der Waals surface area contributed by atoms with Crippen LogP contribution in [-0.4, -0.2) is 42.3 Å². The molecule has 1 fully saturated rings. The lowest BCUT2D eigenvalue weighted by atomic mass is 10.1. The molecule has 0 aromatic rings. The second-order valence-electron chi connectivity index (χ2n) is 5.45. The number of nitrogens with zero attached hydrogens (tertiary/aromatic N) is 1. The minimum Gasteiger partial charge on any atom is -0.444 e. The van der Waals surface area contributed by atoms with Gasteiger partial charge in [0, 0.05) is 13.1 Å². The molecule has 0 aliphatic carbocycles. The van der Waals surface area contributed by atoms with Gasteiger partial charge in [-0.3, -0.25) is 4.84 Å². The summed E-state index contributed by atoms with van der Waals surface area (Å²) >= 11 is 0. The largest absolute Gasteiger partial charge is 0.444 e. The Balaban J connectivity index is 2.14. The van der Waals surface area contributed by atoms with E-state index in [9.17, 15) is 4.79 Å². The molecular weight excluding hydrogens is 220 g/mol. The van der Waals surface area contributed by atoms with E-state index in [4.69, 9.17) is 9.57 Å². The number of hydrogen-bond acceptors (Lipinski definition) is 4. The lowest BCUT2D eigenvalue weighted by molar-refractivity contribution is -0.0370. The van der Waals surface area contributed by atoms with Crippen LogP contribution < -0.4 is 5.48 Å². The van der Waals surface area contributed by atoms with E-state index in [1.54, 1.807) is 4.90 Å². The van der Waals surface area contributed by atoms with Gasteiger partial charge in [0.05, 0.1) is 12.6 Å². The smallest absolute Gasteiger partial charge is 0.410 e. The number of ether oxygens (including phenoxy) is 1. The number of hydrogen-bond donors (Lipinski definition) is 1. The van der Waals surface area contributed by atoms with Crippen molar-refractivity contribution < 1.29 is 14.4 Å². The highest BCUT2D eigenvalue weighted by Gasteiger charge is 2.33. The van der Waals surface area contributed by atoms with Crippen molar-refractivity contribution in [2.45, 2.75) is 39.3 Å². The Labute approximate surface area is 103 Å². The van der Waals surface area contributed by atoms with Crippen molar-refractivity contribution in [3.63, 3.8) is 0 Å². The van der Waals surface area contributed by atoms with E-state index < -0.39 is 5.60 Å². The number of likely N-dealkylation sites (tertiary alicyclic amines) is 1. The molecule has 1 N–H and O–H groups in total. The van der Waals surface area contributed by atoms with Crippen LogP contribution in [-0.2, 0) is 9.57 Å². The fourth-order valence-corrected chi connectivity index (χ4v) is 1.31. The summed E-state index contributed by atoms with van der Waals surface area (Å²) in [6, 6.07) is 0.182.